The van der Waals surface area contributed by atoms with Crippen molar-refractivity contribution in [2.75, 3.05) is 38.8 Å². The van der Waals surface area contributed by atoms with E-state index in [-0.39, 0.29) is 19.5 Å². The van der Waals surface area contributed by atoms with Crippen LogP contribution >= 0.6 is 0 Å². The smallest absolute Gasteiger partial charge is 0.407 e. The lowest BCUT2D eigenvalue weighted by Gasteiger charge is -2.35. The fourth-order valence-electron chi connectivity index (χ4n) is 5.47. The van der Waals surface area contributed by atoms with E-state index < -0.39 is 59.1 Å². The van der Waals surface area contributed by atoms with Gasteiger partial charge >= 0.3 is 12.2 Å². The van der Waals surface area contributed by atoms with Gasteiger partial charge in [0.05, 0.1) is 26.4 Å². The first-order valence-corrected chi connectivity index (χ1v) is 17.0. The molecule has 0 fully saturated rings. The average Bonchev–Trinajstić information content (AvgIpc) is 3.05. The van der Waals surface area contributed by atoms with Crippen molar-refractivity contribution in [3.05, 3.63) is 65.7 Å². The summed E-state index contributed by atoms with van der Waals surface area (Å²) in [4.78, 5) is 54.1. The van der Waals surface area contributed by atoms with Crippen molar-refractivity contribution >= 4 is 29.7 Å². The maximum atomic E-state index is 13.8. The van der Waals surface area contributed by atoms with Crippen LogP contribution in [0.3, 0.4) is 0 Å². The second-order valence-electron chi connectivity index (χ2n) is 14.4. The fourth-order valence-corrected chi connectivity index (χ4v) is 5.47. The topological polar surface area (TPSA) is 162 Å². The highest BCUT2D eigenvalue weighted by Crippen LogP contribution is 2.22. The number of aliphatic hydroxyl groups is 1. The molecule has 0 aliphatic carbocycles. The molecule has 0 saturated heterocycles. The van der Waals surface area contributed by atoms with Gasteiger partial charge in [0, 0.05) is 31.9 Å². The number of nitrogens with one attached hydrogen (secondary N) is 4. The van der Waals surface area contributed by atoms with E-state index in [0.29, 0.717) is 0 Å². The van der Waals surface area contributed by atoms with E-state index in [2.05, 4.69) is 40.1 Å². The largest absolute Gasteiger partial charge is 0.453 e. The number of hydrogen-bond acceptors (Lipinski definition) is 9. The number of amides is 4. The first kappa shape index (κ1) is 41.8. The standard InChI is InChI=1S/C37H58N6O7/c1-11-42(12-2)27-20-18-26(19-21-27)23-43(41-33(46)31(37(6,7)8)40-35(48)50-10)24-29(44)28(22-25-16-14-13-15-17-25)38-32(45)30(36(3,4)5)39-34(47)49-9/h13-21,28-31,44H,11-12,22-24H2,1-10H3,(H,38,45)(H,39,47)(H,40,48)(H,41,46)/t28-,29-,30+,31+/m0/s1. The number of hydrazine groups is 1. The summed E-state index contributed by atoms with van der Waals surface area (Å²) in [6.07, 6.45) is -2.44. The van der Waals surface area contributed by atoms with Crippen molar-refractivity contribution in [1.29, 1.82) is 0 Å². The molecule has 278 valence electrons. The predicted octanol–water partition coefficient (Wildman–Crippen LogP) is 4.00. The maximum absolute atomic E-state index is 13.8. The number of rotatable bonds is 16. The summed E-state index contributed by atoms with van der Waals surface area (Å²) < 4.78 is 9.54. The number of anilines is 1. The Bertz CT molecular complexity index is 1370. The molecule has 5 N–H and O–H groups in total. The molecular formula is C37H58N6O7. The van der Waals surface area contributed by atoms with E-state index in [1.807, 2.05) is 96.1 Å². The van der Waals surface area contributed by atoms with Crippen LogP contribution in [0.5, 0.6) is 0 Å². The summed E-state index contributed by atoms with van der Waals surface area (Å²) in [5.41, 5.74) is 4.32. The molecule has 0 radical (unpaired) electrons. The van der Waals surface area contributed by atoms with Crippen molar-refractivity contribution in [2.45, 2.75) is 92.6 Å². The number of benzene rings is 2. The number of methoxy groups -OCH3 is 2. The fraction of sp³-hybridized carbons (Fsp3) is 0.568. The van der Waals surface area contributed by atoms with Crippen LogP contribution in [0.2, 0.25) is 0 Å². The molecule has 50 heavy (non-hydrogen) atoms. The molecule has 4 atom stereocenters. The SMILES string of the molecule is CCN(CC)c1ccc(CN(C[C@H](O)[C@H](Cc2ccccc2)NC(=O)[C@@H](NC(=O)OC)C(C)(C)C)NC(=O)[C@@H](NC(=O)OC)C(C)(C)C)cc1. The van der Waals surface area contributed by atoms with Gasteiger partial charge in [-0.15, -0.1) is 0 Å². The molecule has 0 heterocycles. The molecule has 13 heteroatoms. The second-order valence-corrected chi connectivity index (χ2v) is 14.4. The Morgan fingerprint density at radius 3 is 1.68 bits per heavy atom. The third-order valence-electron chi connectivity index (χ3n) is 8.36. The summed E-state index contributed by atoms with van der Waals surface area (Å²) in [7, 11) is 2.45. The van der Waals surface area contributed by atoms with Crippen LogP contribution in [0, 0.1) is 10.8 Å². The van der Waals surface area contributed by atoms with E-state index in [1.54, 1.807) is 5.01 Å². The number of ether oxygens (including phenoxy) is 2. The molecule has 0 unspecified atom stereocenters. The van der Waals surface area contributed by atoms with Gasteiger partial charge in [-0.25, -0.2) is 14.6 Å². The van der Waals surface area contributed by atoms with Gasteiger partial charge in [0.2, 0.25) is 5.91 Å². The molecule has 0 aliphatic rings. The van der Waals surface area contributed by atoms with Crippen LogP contribution in [0.25, 0.3) is 0 Å². The molecule has 2 rings (SSSR count). The molecule has 4 amide bonds. The van der Waals surface area contributed by atoms with Gasteiger partial charge in [-0.3, -0.25) is 15.0 Å². The highest BCUT2D eigenvalue weighted by atomic mass is 16.5. The van der Waals surface area contributed by atoms with Crippen LogP contribution in [0.15, 0.2) is 54.6 Å². The molecule has 2 aromatic carbocycles. The first-order valence-electron chi connectivity index (χ1n) is 17.0. The van der Waals surface area contributed by atoms with Crippen molar-refractivity contribution in [1.82, 2.24) is 26.4 Å². The van der Waals surface area contributed by atoms with Crippen molar-refractivity contribution in [3.8, 4) is 0 Å². The van der Waals surface area contributed by atoms with E-state index in [1.165, 1.54) is 14.2 Å². The monoisotopic (exact) mass is 698 g/mol. The van der Waals surface area contributed by atoms with Crippen LogP contribution in [-0.4, -0.2) is 92.2 Å². The van der Waals surface area contributed by atoms with Crippen molar-refractivity contribution < 1.29 is 33.8 Å². The number of alkyl carbamates (subject to hydrolysis) is 2. The summed E-state index contributed by atoms with van der Waals surface area (Å²) in [5.74, 6) is -1.01. The Hall–Kier alpha value is -4.36. The first-order chi connectivity index (χ1) is 23.4. The molecular weight excluding hydrogens is 640 g/mol. The molecule has 0 spiro atoms. The lowest BCUT2D eigenvalue weighted by molar-refractivity contribution is -0.132. The highest BCUT2D eigenvalue weighted by Gasteiger charge is 2.37. The number of nitrogens with zero attached hydrogens (tertiary/aromatic N) is 2. The molecule has 0 aromatic heterocycles. The number of carbonyl (C=O) groups is 4. The Morgan fingerprint density at radius 2 is 1.22 bits per heavy atom. The van der Waals surface area contributed by atoms with Crippen molar-refractivity contribution in [3.63, 3.8) is 0 Å². The van der Waals surface area contributed by atoms with Gasteiger partial charge in [0.25, 0.3) is 5.91 Å². The van der Waals surface area contributed by atoms with Gasteiger partial charge in [0.1, 0.15) is 12.1 Å². The van der Waals surface area contributed by atoms with Crippen LogP contribution in [0.4, 0.5) is 15.3 Å². The third-order valence-corrected chi connectivity index (χ3v) is 8.36. The maximum Gasteiger partial charge on any atom is 0.407 e. The summed E-state index contributed by atoms with van der Waals surface area (Å²) in [6, 6.07) is 14.6. The zero-order valence-corrected chi connectivity index (χ0v) is 31.3. The van der Waals surface area contributed by atoms with E-state index in [4.69, 9.17) is 9.47 Å². The van der Waals surface area contributed by atoms with E-state index in [0.717, 1.165) is 29.9 Å². The summed E-state index contributed by atoms with van der Waals surface area (Å²) >= 11 is 0. The van der Waals surface area contributed by atoms with E-state index in [9.17, 15) is 24.3 Å². The van der Waals surface area contributed by atoms with Gasteiger partial charge in [0.15, 0.2) is 0 Å². The molecule has 0 aliphatic heterocycles. The number of aliphatic hydroxyl groups excluding tert-OH is 1. The number of carbonyl (C=O) groups excluding carboxylic acids is 4. The molecule has 13 nitrogen and oxygen atoms in total. The summed E-state index contributed by atoms with van der Waals surface area (Å²) in [5, 5.41) is 21.6. The number of hydrogen-bond donors (Lipinski definition) is 5. The Balaban J connectivity index is 2.49. The normalized spacial score (nSPS) is 14.1. The second kappa shape index (κ2) is 19.1. The third kappa shape index (κ3) is 13.2. The van der Waals surface area contributed by atoms with Gasteiger partial charge in [-0.1, -0.05) is 84.0 Å². The molecule has 2 aromatic rings. The minimum Gasteiger partial charge on any atom is -0.453 e. The van der Waals surface area contributed by atoms with Crippen LogP contribution < -0.4 is 26.3 Å². The summed E-state index contributed by atoms with van der Waals surface area (Å²) in [6.45, 7) is 16.9. The zero-order chi connectivity index (χ0) is 37.6. The minimum atomic E-state index is -1.20. The zero-order valence-electron chi connectivity index (χ0n) is 31.3. The van der Waals surface area contributed by atoms with Gasteiger partial charge in [-0.2, -0.15) is 0 Å². The van der Waals surface area contributed by atoms with Crippen LogP contribution in [-0.2, 0) is 32.0 Å². The minimum absolute atomic E-state index is 0.0962. The molecule has 0 saturated carbocycles. The highest BCUT2D eigenvalue weighted by molar-refractivity contribution is 5.87. The van der Waals surface area contributed by atoms with Crippen molar-refractivity contribution in [2.24, 2.45) is 10.8 Å². The van der Waals surface area contributed by atoms with Crippen LogP contribution in [0.1, 0.15) is 66.5 Å². The Morgan fingerprint density at radius 1 is 0.720 bits per heavy atom. The van der Waals surface area contributed by atoms with E-state index >= 15 is 0 Å². The molecule has 0 bridgehead atoms. The lowest BCUT2D eigenvalue weighted by Crippen LogP contribution is -2.60. The lowest BCUT2D eigenvalue weighted by atomic mass is 9.85. The quantitative estimate of drug-likeness (QED) is 0.163. The van der Waals surface area contributed by atoms with Gasteiger partial charge in [-0.05, 0) is 54.4 Å². The average molecular weight is 699 g/mol. The Kier molecular flexibility index (Phi) is 16.0. The predicted molar refractivity (Wildman–Crippen MR) is 194 cm³/mol. The Labute approximate surface area is 297 Å². The van der Waals surface area contributed by atoms with Gasteiger partial charge < -0.3 is 35.4 Å².